The second-order valence-electron chi connectivity index (χ2n) is 8.06. The number of hydrogen-bond donors (Lipinski definition) is 2. The lowest BCUT2D eigenvalue weighted by Crippen LogP contribution is -2.23. The highest BCUT2D eigenvalue weighted by Gasteiger charge is 2.25. The van der Waals surface area contributed by atoms with Gasteiger partial charge in [-0.15, -0.1) is 5.10 Å². The zero-order chi connectivity index (χ0) is 20.4. The summed E-state index contributed by atoms with van der Waals surface area (Å²) in [4.78, 5) is 9.01. The first-order valence-corrected chi connectivity index (χ1v) is 10.3. The molecule has 4 rings (SSSR count). The van der Waals surface area contributed by atoms with E-state index in [4.69, 9.17) is 9.84 Å². The minimum absolute atomic E-state index is 0.113. The quantitative estimate of drug-likeness (QED) is 0.664. The Labute approximate surface area is 171 Å². The van der Waals surface area contributed by atoms with Gasteiger partial charge in [-0.3, -0.25) is 4.98 Å². The highest BCUT2D eigenvalue weighted by Crippen LogP contribution is 2.37. The van der Waals surface area contributed by atoms with E-state index in [-0.39, 0.29) is 12.1 Å². The van der Waals surface area contributed by atoms with Crippen LogP contribution in [0.2, 0.25) is 0 Å². The molecule has 7 heteroatoms. The van der Waals surface area contributed by atoms with Crippen LogP contribution in [0.1, 0.15) is 49.9 Å². The fourth-order valence-electron chi connectivity index (χ4n) is 4.11. The van der Waals surface area contributed by atoms with Crippen molar-refractivity contribution in [2.45, 2.75) is 57.6 Å². The van der Waals surface area contributed by atoms with Crippen LogP contribution < -0.4 is 5.32 Å². The molecule has 3 aromatic heterocycles. The molecule has 3 aromatic rings. The van der Waals surface area contributed by atoms with Crippen molar-refractivity contribution < 1.29 is 9.84 Å². The molecule has 0 amide bonds. The maximum Gasteiger partial charge on any atom is 0.241 e. The molecule has 1 fully saturated rings. The number of aliphatic hydroxyl groups excluding tert-OH is 1. The molecule has 1 aliphatic carbocycles. The van der Waals surface area contributed by atoms with Crippen LogP contribution >= 0.6 is 0 Å². The lowest BCUT2D eigenvalue weighted by molar-refractivity contribution is 0.121. The molecule has 1 aliphatic rings. The minimum atomic E-state index is -0.181. The molecule has 0 spiro atoms. The maximum absolute atomic E-state index is 9.93. The Bertz CT molecular complexity index is 961. The minimum Gasteiger partial charge on any atom is -0.393 e. The fraction of sp³-hybridized carbons (Fsp3) is 0.500. The highest BCUT2D eigenvalue weighted by atomic mass is 16.5. The van der Waals surface area contributed by atoms with Gasteiger partial charge in [0.05, 0.1) is 24.4 Å². The highest BCUT2D eigenvalue weighted by molar-refractivity contribution is 5.81. The van der Waals surface area contributed by atoms with Crippen molar-refractivity contribution in [3.63, 3.8) is 0 Å². The number of hydrogen-bond acceptors (Lipinski definition) is 6. The molecule has 1 atom stereocenters. The number of methoxy groups -OCH3 is 1. The summed E-state index contributed by atoms with van der Waals surface area (Å²) < 4.78 is 7.23. The maximum atomic E-state index is 9.93. The molecule has 7 nitrogen and oxygen atoms in total. The van der Waals surface area contributed by atoms with Gasteiger partial charge < -0.3 is 15.2 Å². The lowest BCUT2D eigenvalue weighted by atomic mass is 9.85. The third-order valence-corrected chi connectivity index (χ3v) is 5.67. The summed E-state index contributed by atoms with van der Waals surface area (Å²) in [6.45, 7) is 4.61. The summed E-state index contributed by atoms with van der Waals surface area (Å²) in [6, 6.07) is 6.46. The largest absolute Gasteiger partial charge is 0.393 e. The fourth-order valence-corrected chi connectivity index (χ4v) is 4.11. The number of aromatic nitrogens is 4. The zero-order valence-corrected chi connectivity index (χ0v) is 17.3. The van der Waals surface area contributed by atoms with Gasteiger partial charge in [-0.1, -0.05) is 6.07 Å². The lowest BCUT2D eigenvalue weighted by Gasteiger charge is -2.25. The summed E-state index contributed by atoms with van der Waals surface area (Å²) >= 11 is 0. The zero-order valence-electron chi connectivity index (χ0n) is 17.3. The van der Waals surface area contributed by atoms with Crippen LogP contribution in [0.15, 0.2) is 30.6 Å². The predicted octanol–water partition coefficient (Wildman–Crippen LogP) is 3.57. The Morgan fingerprint density at radius 3 is 2.69 bits per heavy atom. The van der Waals surface area contributed by atoms with Gasteiger partial charge in [0.25, 0.3) is 0 Å². The molecule has 3 heterocycles. The summed E-state index contributed by atoms with van der Waals surface area (Å²) in [7, 11) is 1.69. The van der Waals surface area contributed by atoms with E-state index in [0.717, 1.165) is 48.0 Å². The van der Waals surface area contributed by atoms with E-state index < -0.39 is 0 Å². The van der Waals surface area contributed by atoms with E-state index in [1.165, 1.54) is 5.69 Å². The summed E-state index contributed by atoms with van der Waals surface area (Å²) in [5, 5.41) is 18.0. The van der Waals surface area contributed by atoms with E-state index in [0.29, 0.717) is 18.5 Å². The van der Waals surface area contributed by atoms with Crippen LogP contribution in [0.3, 0.4) is 0 Å². The van der Waals surface area contributed by atoms with Gasteiger partial charge in [-0.05, 0) is 51.7 Å². The van der Waals surface area contributed by atoms with Crippen molar-refractivity contribution >= 4 is 11.5 Å². The van der Waals surface area contributed by atoms with Gasteiger partial charge >= 0.3 is 0 Å². The molecular formula is C22H29N5O2. The third-order valence-electron chi connectivity index (χ3n) is 5.67. The Morgan fingerprint density at radius 1 is 1.21 bits per heavy atom. The van der Waals surface area contributed by atoms with Crippen molar-refractivity contribution in [1.82, 2.24) is 19.6 Å². The van der Waals surface area contributed by atoms with Gasteiger partial charge in [0.1, 0.15) is 0 Å². The van der Waals surface area contributed by atoms with Gasteiger partial charge in [0, 0.05) is 47.8 Å². The molecule has 2 N–H and O–H groups in total. The number of pyridine rings is 1. The molecule has 0 aromatic carbocycles. The van der Waals surface area contributed by atoms with E-state index in [9.17, 15) is 5.11 Å². The van der Waals surface area contributed by atoms with Crippen molar-refractivity contribution in [2.75, 3.05) is 19.0 Å². The monoisotopic (exact) mass is 395 g/mol. The van der Waals surface area contributed by atoms with Crippen molar-refractivity contribution in [3.8, 4) is 11.1 Å². The van der Waals surface area contributed by atoms with Crippen LogP contribution in [0.4, 0.5) is 5.95 Å². The Kier molecular flexibility index (Phi) is 5.78. The Morgan fingerprint density at radius 2 is 2.00 bits per heavy atom. The topological polar surface area (TPSA) is 84.6 Å². The van der Waals surface area contributed by atoms with E-state index in [1.807, 2.05) is 36.8 Å². The summed E-state index contributed by atoms with van der Waals surface area (Å²) in [6.07, 6.45) is 7.20. The average molecular weight is 396 g/mol. The number of nitrogens with one attached hydrogen (secondary N) is 1. The number of ether oxygens (including phenoxy) is 1. The smallest absolute Gasteiger partial charge is 0.241 e. The number of fused-ring (bicyclic) bond motifs is 1. The average Bonchev–Trinajstić information content (AvgIpc) is 3.08. The number of rotatable bonds is 6. The van der Waals surface area contributed by atoms with Crippen molar-refractivity contribution in [3.05, 3.63) is 42.0 Å². The number of aryl methyl sites for hydroxylation is 1. The second kappa shape index (κ2) is 8.47. The SMILES string of the molecule is COC[C@H](C)Nc1ncc2c(-c3ccc(C)nc3)cc(C3CCC(O)CC3)n2n1. The molecule has 154 valence electrons. The molecule has 0 unspecified atom stereocenters. The Balaban J connectivity index is 1.76. The first-order chi connectivity index (χ1) is 14.0. The van der Waals surface area contributed by atoms with E-state index in [2.05, 4.69) is 27.4 Å². The van der Waals surface area contributed by atoms with Gasteiger partial charge in [0.15, 0.2) is 0 Å². The molecule has 0 radical (unpaired) electrons. The molecule has 0 bridgehead atoms. The second-order valence-corrected chi connectivity index (χ2v) is 8.06. The normalized spacial score (nSPS) is 20.7. The van der Waals surface area contributed by atoms with Crippen molar-refractivity contribution in [1.29, 1.82) is 0 Å². The van der Waals surface area contributed by atoms with Crippen LogP contribution in [-0.2, 0) is 4.74 Å². The molecule has 1 saturated carbocycles. The van der Waals surface area contributed by atoms with Crippen LogP contribution in [0.25, 0.3) is 16.6 Å². The Hall–Kier alpha value is -2.51. The predicted molar refractivity (Wildman–Crippen MR) is 113 cm³/mol. The van der Waals surface area contributed by atoms with Crippen LogP contribution in [0, 0.1) is 6.92 Å². The summed E-state index contributed by atoms with van der Waals surface area (Å²) in [5.74, 6) is 0.959. The molecule has 0 aliphatic heterocycles. The third kappa shape index (κ3) is 4.26. The molecule has 29 heavy (non-hydrogen) atoms. The first-order valence-electron chi connectivity index (χ1n) is 10.3. The van der Waals surface area contributed by atoms with Gasteiger partial charge in [-0.25, -0.2) is 9.50 Å². The van der Waals surface area contributed by atoms with Crippen LogP contribution in [0.5, 0.6) is 0 Å². The molecule has 0 saturated heterocycles. The number of anilines is 1. The standard InChI is InChI=1S/C22H29N5O2/c1-14-4-5-17(11-23-14)19-10-20(16-6-8-18(28)9-7-16)27-21(19)12-24-22(26-27)25-15(2)13-29-3/h4-5,10-12,15-16,18,28H,6-9,13H2,1-3H3,(H,25,26)/t15-,16?,18?/m0/s1. The van der Waals surface area contributed by atoms with Gasteiger partial charge in [0.2, 0.25) is 5.95 Å². The van der Waals surface area contributed by atoms with E-state index >= 15 is 0 Å². The molecular weight excluding hydrogens is 366 g/mol. The van der Waals surface area contributed by atoms with Crippen molar-refractivity contribution in [2.24, 2.45) is 0 Å². The van der Waals surface area contributed by atoms with E-state index in [1.54, 1.807) is 7.11 Å². The first kappa shape index (κ1) is 19.8. The number of aliphatic hydroxyl groups is 1. The summed E-state index contributed by atoms with van der Waals surface area (Å²) in [5.41, 5.74) is 5.30. The van der Waals surface area contributed by atoms with Gasteiger partial charge in [-0.2, -0.15) is 0 Å². The number of nitrogens with zero attached hydrogens (tertiary/aromatic N) is 4. The van der Waals surface area contributed by atoms with Crippen LogP contribution in [-0.4, -0.2) is 50.6 Å².